The monoisotopic (exact) mass is 438 g/mol. The van der Waals surface area contributed by atoms with E-state index in [1.54, 1.807) is 25.1 Å². The molecule has 4 amide bonds. The molecular formula is C19H13Cl3N2O4. The first-order valence-corrected chi connectivity index (χ1v) is 9.24. The second-order valence-electron chi connectivity index (χ2n) is 5.67. The lowest BCUT2D eigenvalue weighted by Crippen LogP contribution is -2.54. The molecule has 1 saturated heterocycles. The minimum atomic E-state index is -0.910. The number of carbonyl (C=O) groups excluding carboxylic acids is 3. The number of urea groups is 1. The smallest absolute Gasteiger partial charge is 0.335 e. The summed E-state index contributed by atoms with van der Waals surface area (Å²) in [5.41, 5.74) is 0.251. The van der Waals surface area contributed by atoms with Crippen LogP contribution in [0, 0.1) is 0 Å². The van der Waals surface area contributed by atoms with Gasteiger partial charge in [-0.15, -0.1) is 0 Å². The van der Waals surface area contributed by atoms with Crippen molar-refractivity contribution in [3.05, 3.63) is 62.6 Å². The average molecular weight is 440 g/mol. The summed E-state index contributed by atoms with van der Waals surface area (Å²) in [6.07, 6.45) is 1.32. The third-order valence-electron chi connectivity index (χ3n) is 3.82. The van der Waals surface area contributed by atoms with Crippen LogP contribution in [0.5, 0.6) is 5.75 Å². The molecule has 1 aliphatic rings. The van der Waals surface area contributed by atoms with E-state index in [0.717, 1.165) is 4.90 Å². The second-order valence-corrected chi connectivity index (χ2v) is 6.95. The minimum Gasteiger partial charge on any atom is -0.493 e. The molecule has 0 unspecified atom stereocenters. The van der Waals surface area contributed by atoms with Crippen molar-refractivity contribution < 1.29 is 19.1 Å². The van der Waals surface area contributed by atoms with E-state index in [0.29, 0.717) is 28.0 Å². The van der Waals surface area contributed by atoms with E-state index >= 15 is 0 Å². The predicted molar refractivity (Wildman–Crippen MR) is 108 cm³/mol. The number of ether oxygens (including phenoxy) is 1. The molecule has 3 rings (SSSR count). The number of rotatable bonds is 4. The van der Waals surface area contributed by atoms with Gasteiger partial charge in [-0.1, -0.05) is 34.8 Å². The number of nitrogens with zero attached hydrogens (tertiary/aromatic N) is 1. The van der Waals surface area contributed by atoms with E-state index in [-0.39, 0.29) is 16.3 Å². The molecule has 1 aliphatic heterocycles. The Morgan fingerprint density at radius 2 is 1.71 bits per heavy atom. The molecule has 1 heterocycles. The highest BCUT2D eigenvalue weighted by Gasteiger charge is 2.37. The quantitative estimate of drug-likeness (QED) is 0.553. The number of halogens is 3. The van der Waals surface area contributed by atoms with Gasteiger partial charge in [0.1, 0.15) is 11.3 Å². The van der Waals surface area contributed by atoms with E-state index in [1.807, 2.05) is 0 Å². The Balaban J connectivity index is 2.08. The highest BCUT2D eigenvalue weighted by Crippen LogP contribution is 2.32. The summed E-state index contributed by atoms with van der Waals surface area (Å²) in [5.74, 6) is -1.23. The molecule has 0 aliphatic carbocycles. The van der Waals surface area contributed by atoms with Crippen LogP contribution in [0.4, 0.5) is 10.5 Å². The summed E-state index contributed by atoms with van der Waals surface area (Å²) in [6, 6.07) is 8.18. The number of amides is 4. The summed E-state index contributed by atoms with van der Waals surface area (Å²) in [5, 5.41) is 2.95. The standard InChI is InChI=1S/C19H13Cl3N2O4/c1-2-28-16-6-4-11(20)7-10(16)8-13-17(25)23-19(27)24(18(13)26)15-5-3-12(21)9-14(15)22/h3-9H,2H2,1H3,(H,23,25,27)/b13-8+. The van der Waals surface area contributed by atoms with Gasteiger partial charge in [0.25, 0.3) is 11.8 Å². The van der Waals surface area contributed by atoms with E-state index in [2.05, 4.69) is 5.32 Å². The lowest BCUT2D eigenvalue weighted by atomic mass is 10.1. The fourth-order valence-electron chi connectivity index (χ4n) is 2.61. The van der Waals surface area contributed by atoms with Gasteiger partial charge in [-0.3, -0.25) is 14.9 Å². The van der Waals surface area contributed by atoms with Gasteiger partial charge in [-0.05, 0) is 49.4 Å². The zero-order chi connectivity index (χ0) is 20.4. The van der Waals surface area contributed by atoms with E-state index in [4.69, 9.17) is 39.5 Å². The molecule has 2 aromatic carbocycles. The van der Waals surface area contributed by atoms with Crippen molar-refractivity contribution in [3.63, 3.8) is 0 Å². The Kier molecular flexibility index (Phi) is 5.93. The molecule has 0 radical (unpaired) electrons. The maximum absolute atomic E-state index is 13.0. The second kappa shape index (κ2) is 8.22. The highest BCUT2D eigenvalue weighted by molar-refractivity contribution is 6.42. The van der Waals surface area contributed by atoms with Gasteiger partial charge in [0, 0.05) is 15.6 Å². The first kappa shape index (κ1) is 20.2. The van der Waals surface area contributed by atoms with Crippen LogP contribution >= 0.6 is 34.8 Å². The van der Waals surface area contributed by atoms with Crippen LogP contribution in [0.3, 0.4) is 0 Å². The van der Waals surface area contributed by atoms with Gasteiger partial charge in [-0.2, -0.15) is 0 Å². The van der Waals surface area contributed by atoms with Crippen molar-refractivity contribution >= 4 is 64.4 Å². The number of carbonyl (C=O) groups is 3. The molecule has 0 bridgehead atoms. The van der Waals surface area contributed by atoms with Crippen LogP contribution in [0.25, 0.3) is 6.08 Å². The maximum Gasteiger partial charge on any atom is 0.335 e. The number of anilines is 1. The molecule has 6 nitrogen and oxygen atoms in total. The zero-order valence-corrected chi connectivity index (χ0v) is 16.7. The van der Waals surface area contributed by atoms with Gasteiger partial charge in [0.15, 0.2) is 0 Å². The number of imide groups is 2. The summed E-state index contributed by atoms with van der Waals surface area (Å²) in [4.78, 5) is 38.3. The molecule has 144 valence electrons. The largest absolute Gasteiger partial charge is 0.493 e. The third kappa shape index (κ3) is 3.99. The Morgan fingerprint density at radius 3 is 2.39 bits per heavy atom. The van der Waals surface area contributed by atoms with Crippen molar-refractivity contribution in [2.24, 2.45) is 0 Å². The summed E-state index contributed by atoms with van der Waals surface area (Å²) < 4.78 is 5.51. The molecule has 0 spiro atoms. The fraction of sp³-hybridized carbons (Fsp3) is 0.105. The topological polar surface area (TPSA) is 75.7 Å². The summed E-state index contributed by atoms with van der Waals surface area (Å²) in [6.45, 7) is 2.18. The van der Waals surface area contributed by atoms with Crippen molar-refractivity contribution in [3.8, 4) is 5.75 Å². The number of nitrogens with one attached hydrogen (secondary N) is 1. The van der Waals surface area contributed by atoms with Gasteiger partial charge in [0.2, 0.25) is 0 Å². The predicted octanol–water partition coefficient (Wildman–Crippen LogP) is 4.71. The van der Waals surface area contributed by atoms with Crippen molar-refractivity contribution in [2.75, 3.05) is 11.5 Å². The molecule has 1 fully saturated rings. The first-order valence-electron chi connectivity index (χ1n) is 8.10. The summed E-state index contributed by atoms with van der Waals surface area (Å²) >= 11 is 18.0. The van der Waals surface area contributed by atoms with E-state index in [1.165, 1.54) is 24.3 Å². The van der Waals surface area contributed by atoms with Crippen LogP contribution < -0.4 is 15.0 Å². The SMILES string of the molecule is CCOc1ccc(Cl)cc1/C=C1\C(=O)NC(=O)N(c2ccc(Cl)cc2Cl)C1=O. The molecule has 28 heavy (non-hydrogen) atoms. The average Bonchev–Trinajstić information content (AvgIpc) is 2.62. The van der Waals surface area contributed by atoms with Crippen molar-refractivity contribution in [2.45, 2.75) is 6.92 Å². The van der Waals surface area contributed by atoms with Crippen LogP contribution in [0.2, 0.25) is 15.1 Å². The van der Waals surface area contributed by atoms with Crippen LogP contribution in [-0.4, -0.2) is 24.5 Å². The normalized spacial score (nSPS) is 15.8. The Bertz CT molecular complexity index is 1020. The number of hydrogen-bond acceptors (Lipinski definition) is 4. The number of barbiturate groups is 1. The van der Waals surface area contributed by atoms with Crippen LogP contribution in [0.1, 0.15) is 12.5 Å². The van der Waals surface area contributed by atoms with Gasteiger partial charge >= 0.3 is 6.03 Å². The van der Waals surface area contributed by atoms with Crippen molar-refractivity contribution in [1.82, 2.24) is 5.32 Å². The van der Waals surface area contributed by atoms with Crippen LogP contribution in [0.15, 0.2) is 42.0 Å². The Hall–Kier alpha value is -2.54. The van der Waals surface area contributed by atoms with Crippen LogP contribution in [-0.2, 0) is 9.59 Å². The van der Waals surface area contributed by atoms with Gasteiger partial charge < -0.3 is 4.74 Å². The fourth-order valence-corrected chi connectivity index (χ4v) is 3.29. The zero-order valence-electron chi connectivity index (χ0n) is 14.5. The molecule has 0 saturated carbocycles. The molecule has 0 atom stereocenters. The van der Waals surface area contributed by atoms with Gasteiger partial charge in [0.05, 0.1) is 17.3 Å². The lowest BCUT2D eigenvalue weighted by Gasteiger charge is -2.27. The summed E-state index contributed by atoms with van der Waals surface area (Å²) in [7, 11) is 0. The Labute approximate surface area is 175 Å². The Morgan fingerprint density at radius 1 is 1.04 bits per heavy atom. The maximum atomic E-state index is 13.0. The molecular weight excluding hydrogens is 427 g/mol. The minimum absolute atomic E-state index is 0.0856. The highest BCUT2D eigenvalue weighted by atomic mass is 35.5. The lowest BCUT2D eigenvalue weighted by molar-refractivity contribution is -0.122. The van der Waals surface area contributed by atoms with Gasteiger partial charge in [-0.25, -0.2) is 9.69 Å². The molecule has 0 aromatic heterocycles. The van der Waals surface area contributed by atoms with E-state index < -0.39 is 17.8 Å². The molecule has 1 N–H and O–H groups in total. The number of hydrogen-bond donors (Lipinski definition) is 1. The molecule has 9 heteroatoms. The molecule has 2 aromatic rings. The van der Waals surface area contributed by atoms with Crippen molar-refractivity contribution in [1.29, 1.82) is 0 Å². The first-order chi connectivity index (χ1) is 13.3. The number of benzene rings is 2. The third-order valence-corrected chi connectivity index (χ3v) is 4.60. The van der Waals surface area contributed by atoms with E-state index in [9.17, 15) is 14.4 Å².